The first-order valence-electron chi connectivity index (χ1n) is 8.50. The molecule has 0 radical (unpaired) electrons. The second-order valence-corrected chi connectivity index (χ2v) is 5.98. The average Bonchev–Trinajstić information content (AvgIpc) is 2.56. The Balaban J connectivity index is 1.50. The summed E-state index contributed by atoms with van der Waals surface area (Å²) in [6.45, 7) is 4.75. The highest BCUT2D eigenvalue weighted by atomic mass is 15.2. The summed E-state index contributed by atoms with van der Waals surface area (Å²) in [6, 6.07) is 19.2. The summed E-state index contributed by atoms with van der Waals surface area (Å²) in [6.07, 6.45) is 2.17. The van der Waals surface area contributed by atoms with Gasteiger partial charge in [0.25, 0.3) is 0 Å². The number of hydrogen-bond acceptors (Lipinski definition) is 1. The molecule has 1 aliphatic carbocycles. The molecule has 2 aromatic rings. The summed E-state index contributed by atoms with van der Waals surface area (Å²) in [7, 11) is 0. The van der Waals surface area contributed by atoms with Gasteiger partial charge in [-0.25, -0.2) is 0 Å². The molecule has 0 bridgehead atoms. The lowest BCUT2D eigenvalue weighted by atomic mass is 9.78. The van der Waals surface area contributed by atoms with Crippen LogP contribution in [0.25, 0.3) is 0 Å². The Bertz CT molecular complexity index is 649. The van der Waals surface area contributed by atoms with Crippen LogP contribution in [-0.2, 0) is 12.8 Å². The lowest BCUT2D eigenvalue weighted by molar-refractivity contribution is 0.614. The molecule has 0 fully saturated rings. The van der Waals surface area contributed by atoms with Crippen molar-refractivity contribution in [1.29, 1.82) is 0 Å². The number of nitrogens with zero attached hydrogens (tertiary/aromatic N) is 1. The lowest BCUT2D eigenvalue weighted by Gasteiger charge is -2.28. The normalized spacial score (nSPS) is 16.4. The molecule has 23 heavy (non-hydrogen) atoms. The maximum absolute atomic E-state index is 4.76. The van der Waals surface area contributed by atoms with Crippen molar-refractivity contribution in [3.63, 3.8) is 0 Å². The van der Waals surface area contributed by atoms with Gasteiger partial charge >= 0.3 is 0 Å². The van der Waals surface area contributed by atoms with Crippen LogP contribution in [0.15, 0.2) is 59.6 Å². The number of guanidine groups is 1. The van der Waals surface area contributed by atoms with Gasteiger partial charge in [-0.1, -0.05) is 54.6 Å². The van der Waals surface area contributed by atoms with E-state index in [1.165, 1.54) is 16.7 Å². The van der Waals surface area contributed by atoms with Crippen LogP contribution in [-0.4, -0.2) is 25.6 Å². The predicted octanol–water partition coefficient (Wildman–Crippen LogP) is 3.12. The van der Waals surface area contributed by atoms with E-state index in [4.69, 9.17) is 4.99 Å². The van der Waals surface area contributed by atoms with Crippen molar-refractivity contribution < 1.29 is 0 Å². The molecule has 0 aliphatic heterocycles. The van der Waals surface area contributed by atoms with Crippen LogP contribution >= 0.6 is 0 Å². The fourth-order valence-corrected chi connectivity index (χ4v) is 3.04. The van der Waals surface area contributed by atoms with E-state index < -0.39 is 0 Å². The lowest BCUT2D eigenvalue weighted by Crippen LogP contribution is -2.39. The van der Waals surface area contributed by atoms with Gasteiger partial charge in [0.05, 0.1) is 0 Å². The minimum absolute atomic E-state index is 0.579. The Kier molecular flexibility index (Phi) is 5.30. The fraction of sp³-hybridized carbons (Fsp3) is 0.350. The number of fused-ring (bicyclic) bond motifs is 1. The summed E-state index contributed by atoms with van der Waals surface area (Å²) in [5.74, 6) is 1.50. The summed E-state index contributed by atoms with van der Waals surface area (Å²) in [4.78, 5) is 4.76. The van der Waals surface area contributed by atoms with Crippen LogP contribution in [0.3, 0.4) is 0 Å². The molecule has 0 saturated heterocycles. The van der Waals surface area contributed by atoms with E-state index in [0.717, 1.165) is 38.4 Å². The molecule has 0 heterocycles. The van der Waals surface area contributed by atoms with Crippen molar-refractivity contribution in [2.45, 2.75) is 25.7 Å². The monoisotopic (exact) mass is 307 g/mol. The molecule has 1 atom stereocenters. The van der Waals surface area contributed by atoms with Gasteiger partial charge in [0, 0.05) is 25.6 Å². The van der Waals surface area contributed by atoms with E-state index in [1.54, 1.807) is 0 Å². The fourth-order valence-electron chi connectivity index (χ4n) is 3.04. The van der Waals surface area contributed by atoms with Gasteiger partial charge in [0.15, 0.2) is 5.96 Å². The minimum Gasteiger partial charge on any atom is -0.357 e. The molecule has 1 unspecified atom stereocenters. The van der Waals surface area contributed by atoms with Gasteiger partial charge in [-0.05, 0) is 36.5 Å². The molecule has 1 aliphatic rings. The predicted molar refractivity (Wildman–Crippen MR) is 97.0 cm³/mol. The molecule has 2 aromatic carbocycles. The quantitative estimate of drug-likeness (QED) is 0.635. The Hall–Kier alpha value is -2.29. The third-order valence-electron chi connectivity index (χ3n) is 4.32. The zero-order valence-electron chi connectivity index (χ0n) is 13.8. The van der Waals surface area contributed by atoms with E-state index in [-0.39, 0.29) is 0 Å². The molecule has 2 N–H and O–H groups in total. The summed E-state index contributed by atoms with van der Waals surface area (Å²) in [5.41, 5.74) is 4.30. The summed E-state index contributed by atoms with van der Waals surface area (Å²) < 4.78 is 0. The Morgan fingerprint density at radius 2 is 1.83 bits per heavy atom. The van der Waals surface area contributed by atoms with Crippen molar-refractivity contribution >= 4 is 5.96 Å². The standard InChI is InChI=1S/C20H25N3/c1-2-21-20(22-13-12-16-8-4-3-5-9-16)23-15-18-14-17-10-6-7-11-19(17)18/h3-11,18H,2,12-15H2,1H3,(H2,21,22,23). The Labute approximate surface area is 138 Å². The van der Waals surface area contributed by atoms with Crippen molar-refractivity contribution in [3.05, 3.63) is 71.3 Å². The number of rotatable bonds is 6. The average molecular weight is 307 g/mol. The molecule has 3 rings (SSSR count). The second-order valence-electron chi connectivity index (χ2n) is 5.98. The highest BCUT2D eigenvalue weighted by molar-refractivity contribution is 5.79. The first-order chi connectivity index (χ1) is 11.4. The molecule has 3 heteroatoms. The maximum atomic E-state index is 4.76. The third kappa shape index (κ3) is 4.13. The zero-order chi connectivity index (χ0) is 15.9. The van der Waals surface area contributed by atoms with E-state index >= 15 is 0 Å². The van der Waals surface area contributed by atoms with E-state index in [2.05, 4.69) is 72.2 Å². The highest BCUT2D eigenvalue weighted by Gasteiger charge is 2.24. The molecule has 0 saturated carbocycles. The summed E-state index contributed by atoms with van der Waals surface area (Å²) in [5, 5.41) is 6.77. The van der Waals surface area contributed by atoms with Gasteiger partial charge in [0.2, 0.25) is 0 Å². The van der Waals surface area contributed by atoms with Crippen LogP contribution in [0.2, 0.25) is 0 Å². The number of hydrogen-bond donors (Lipinski definition) is 2. The zero-order valence-corrected chi connectivity index (χ0v) is 13.8. The van der Waals surface area contributed by atoms with Crippen molar-refractivity contribution in [2.75, 3.05) is 19.6 Å². The van der Waals surface area contributed by atoms with E-state index in [9.17, 15) is 0 Å². The first kappa shape index (κ1) is 15.6. The van der Waals surface area contributed by atoms with E-state index in [0.29, 0.717) is 5.92 Å². The molecule has 0 amide bonds. The highest BCUT2D eigenvalue weighted by Crippen LogP contribution is 2.34. The van der Waals surface area contributed by atoms with Gasteiger partial charge in [-0.15, -0.1) is 0 Å². The van der Waals surface area contributed by atoms with Gasteiger partial charge < -0.3 is 10.6 Å². The van der Waals surface area contributed by atoms with Gasteiger partial charge in [-0.3, -0.25) is 4.99 Å². The number of benzene rings is 2. The third-order valence-corrected chi connectivity index (χ3v) is 4.32. The second kappa shape index (κ2) is 7.82. The van der Waals surface area contributed by atoms with Crippen LogP contribution in [0.1, 0.15) is 29.5 Å². The largest absolute Gasteiger partial charge is 0.357 e. The SMILES string of the molecule is CCNC(=NCC1Cc2ccccc21)NCCc1ccccc1. The van der Waals surface area contributed by atoms with Gasteiger partial charge in [0.1, 0.15) is 0 Å². The number of aliphatic imine (C=N–C) groups is 1. The smallest absolute Gasteiger partial charge is 0.191 e. The number of nitrogens with one attached hydrogen (secondary N) is 2. The van der Waals surface area contributed by atoms with Crippen molar-refractivity contribution in [2.24, 2.45) is 4.99 Å². The van der Waals surface area contributed by atoms with E-state index in [1.807, 2.05) is 0 Å². The molecule has 0 spiro atoms. The van der Waals surface area contributed by atoms with Crippen LogP contribution in [0, 0.1) is 0 Å². The van der Waals surface area contributed by atoms with Crippen LogP contribution < -0.4 is 10.6 Å². The molecule has 120 valence electrons. The molecule has 0 aromatic heterocycles. The van der Waals surface area contributed by atoms with Crippen molar-refractivity contribution in [1.82, 2.24) is 10.6 Å². The first-order valence-corrected chi connectivity index (χ1v) is 8.50. The van der Waals surface area contributed by atoms with Crippen LogP contribution in [0.4, 0.5) is 0 Å². The molecular formula is C20H25N3. The van der Waals surface area contributed by atoms with Crippen molar-refractivity contribution in [3.8, 4) is 0 Å². The maximum Gasteiger partial charge on any atom is 0.191 e. The van der Waals surface area contributed by atoms with Gasteiger partial charge in [-0.2, -0.15) is 0 Å². The summed E-state index contributed by atoms with van der Waals surface area (Å²) >= 11 is 0. The molecular weight excluding hydrogens is 282 g/mol. The Morgan fingerprint density at radius 3 is 2.61 bits per heavy atom. The topological polar surface area (TPSA) is 36.4 Å². The van der Waals surface area contributed by atoms with Crippen LogP contribution in [0.5, 0.6) is 0 Å². The minimum atomic E-state index is 0.579. The molecule has 3 nitrogen and oxygen atoms in total. The Morgan fingerprint density at radius 1 is 1.04 bits per heavy atom.